The fraction of sp³-hybridized carbons (Fsp3) is 0.474. The first-order valence-electron chi connectivity index (χ1n) is 8.27. The van der Waals surface area contributed by atoms with Crippen molar-refractivity contribution in [2.75, 3.05) is 20.1 Å². The lowest BCUT2D eigenvalue weighted by molar-refractivity contribution is 0.0740. The van der Waals surface area contributed by atoms with Crippen LogP contribution in [-0.2, 0) is 6.54 Å². The molecule has 6 heteroatoms. The van der Waals surface area contributed by atoms with Crippen molar-refractivity contribution in [3.63, 3.8) is 0 Å². The number of hydrogen-bond acceptors (Lipinski definition) is 3. The third-order valence-corrected chi connectivity index (χ3v) is 4.17. The van der Waals surface area contributed by atoms with Crippen molar-refractivity contribution in [1.82, 2.24) is 14.7 Å². The first-order valence-corrected chi connectivity index (χ1v) is 8.27. The Morgan fingerprint density at radius 3 is 2.52 bits per heavy atom. The topological polar surface area (TPSA) is 64.2 Å². The molecule has 1 heterocycles. The smallest absolute Gasteiger partial charge is 0.253 e. The van der Waals surface area contributed by atoms with Crippen LogP contribution in [0, 0.1) is 19.3 Å². The summed E-state index contributed by atoms with van der Waals surface area (Å²) in [5.74, 6) is 0.0201. The molecule has 1 aromatic heterocycles. The lowest BCUT2D eigenvalue weighted by atomic mass is 9.93. The Bertz CT molecular complexity index is 724. The van der Waals surface area contributed by atoms with Crippen LogP contribution in [0.25, 0.3) is 0 Å². The van der Waals surface area contributed by atoms with E-state index >= 15 is 0 Å². The van der Waals surface area contributed by atoms with Crippen molar-refractivity contribution in [2.45, 2.75) is 34.2 Å². The van der Waals surface area contributed by atoms with Gasteiger partial charge < -0.3 is 10.6 Å². The van der Waals surface area contributed by atoms with Gasteiger partial charge in [-0.3, -0.25) is 9.48 Å². The Morgan fingerprint density at radius 1 is 1.28 bits per heavy atom. The van der Waals surface area contributed by atoms with Crippen LogP contribution < -0.4 is 5.73 Å². The molecule has 0 saturated carbocycles. The molecule has 25 heavy (non-hydrogen) atoms. The van der Waals surface area contributed by atoms with Gasteiger partial charge in [-0.15, -0.1) is 12.4 Å². The third kappa shape index (κ3) is 5.58. The molecule has 0 aliphatic carbocycles. The van der Waals surface area contributed by atoms with Gasteiger partial charge in [0.05, 0.1) is 12.2 Å². The Kier molecular flexibility index (Phi) is 7.20. The molecule has 0 saturated heterocycles. The zero-order chi connectivity index (χ0) is 17.9. The molecule has 2 rings (SSSR count). The van der Waals surface area contributed by atoms with Crippen molar-refractivity contribution in [1.29, 1.82) is 0 Å². The summed E-state index contributed by atoms with van der Waals surface area (Å²) in [6.45, 7) is 9.99. The number of nitrogens with two attached hydrogens (primary N) is 1. The van der Waals surface area contributed by atoms with Gasteiger partial charge in [-0.05, 0) is 49.6 Å². The summed E-state index contributed by atoms with van der Waals surface area (Å²) in [6.07, 6.45) is 0. The van der Waals surface area contributed by atoms with E-state index in [-0.39, 0.29) is 23.7 Å². The van der Waals surface area contributed by atoms with Gasteiger partial charge >= 0.3 is 0 Å². The number of halogens is 1. The molecule has 1 aromatic carbocycles. The molecule has 0 fully saturated rings. The van der Waals surface area contributed by atoms with Gasteiger partial charge in [0.15, 0.2) is 0 Å². The third-order valence-electron chi connectivity index (χ3n) is 4.17. The summed E-state index contributed by atoms with van der Waals surface area (Å²) in [7, 11) is 1.83. The fourth-order valence-corrected chi connectivity index (χ4v) is 2.81. The average molecular weight is 365 g/mol. The van der Waals surface area contributed by atoms with Crippen LogP contribution in [0.2, 0.25) is 0 Å². The van der Waals surface area contributed by atoms with Crippen molar-refractivity contribution in [3.8, 4) is 0 Å². The predicted octanol–water partition coefficient (Wildman–Crippen LogP) is 3.03. The summed E-state index contributed by atoms with van der Waals surface area (Å²) in [5, 5.41) is 4.48. The van der Waals surface area contributed by atoms with Gasteiger partial charge in [0.1, 0.15) is 0 Å². The van der Waals surface area contributed by atoms with E-state index in [1.807, 2.05) is 49.8 Å². The number of rotatable bonds is 6. The first-order chi connectivity index (χ1) is 11.2. The second-order valence-corrected chi connectivity index (χ2v) is 7.31. The predicted molar refractivity (Wildman–Crippen MR) is 104 cm³/mol. The number of carbonyl (C=O) groups excluding carboxylic acids is 1. The highest BCUT2D eigenvalue weighted by molar-refractivity contribution is 5.94. The van der Waals surface area contributed by atoms with Crippen molar-refractivity contribution in [3.05, 3.63) is 52.8 Å². The Balaban J connectivity index is 0.00000312. The molecular formula is C19H29ClN4O. The molecule has 1 amide bonds. The number of benzene rings is 1. The van der Waals surface area contributed by atoms with Crippen molar-refractivity contribution < 1.29 is 4.79 Å². The van der Waals surface area contributed by atoms with E-state index in [0.717, 1.165) is 17.0 Å². The standard InChI is InChI=1S/C19H28N4O.ClH/c1-14-9-15(2)23(21-14)11-16-7-6-8-17(10-16)18(24)22(5)13-19(3,4)12-20;/h6-10H,11-13,20H2,1-5H3;1H. The van der Waals surface area contributed by atoms with E-state index in [1.165, 1.54) is 0 Å². The highest BCUT2D eigenvalue weighted by Crippen LogP contribution is 2.17. The van der Waals surface area contributed by atoms with Gasteiger partial charge in [0.2, 0.25) is 0 Å². The van der Waals surface area contributed by atoms with Gasteiger partial charge in [0, 0.05) is 24.8 Å². The summed E-state index contributed by atoms with van der Waals surface area (Å²) in [4.78, 5) is 14.4. The van der Waals surface area contributed by atoms with Crippen LogP contribution in [-0.4, -0.2) is 40.7 Å². The Hall–Kier alpha value is -1.85. The number of nitrogens with zero attached hydrogens (tertiary/aromatic N) is 3. The van der Waals surface area contributed by atoms with E-state index in [9.17, 15) is 4.79 Å². The van der Waals surface area contributed by atoms with Crippen LogP contribution in [0.1, 0.15) is 41.2 Å². The van der Waals surface area contributed by atoms with Crippen LogP contribution in [0.5, 0.6) is 0 Å². The zero-order valence-electron chi connectivity index (χ0n) is 15.7. The van der Waals surface area contributed by atoms with Gasteiger partial charge in [-0.25, -0.2) is 0 Å². The normalized spacial score (nSPS) is 11.1. The van der Waals surface area contributed by atoms with Crippen LogP contribution >= 0.6 is 12.4 Å². The maximum Gasteiger partial charge on any atom is 0.253 e. The maximum absolute atomic E-state index is 12.7. The van der Waals surface area contributed by atoms with E-state index in [2.05, 4.69) is 25.0 Å². The van der Waals surface area contributed by atoms with E-state index < -0.39 is 0 Å². The molecule has 2 aromatic rings. The van der Waals surface area contributed by atoms with Gasteiger partial charge in [0.25, 0.3) is 5.91 Å². The zero-order valence-corrected chi connectivity index (χ0v) is 16.6. The molecule has 0 radical (unpaired) electrons. The SMILES string of the molecule is Cc1cc(C)n(Cc2cccc(C(=O)N(C)CC(C)(C)CN)c2)n1.Cl. The fourth-order valence-electron chi connectivity index (χ4n) is 2.81. The summed E-state index contributed by atoms with van der Waals surface area (Å²) < 4.78 is 1.96. The van der Waals surface area contributed by atoms with Gasteiger partial charge in [-0.2, -0.15) is 5.10 Å². The van der Waals surface area contributed by atoms with E-state index in [0.29, 0.717) is 25.2 Å². The van der Waals surface area contributed by atoms with Crippen LogP contribution in [0.15, 0.2) is 30.3 Å². The molecule has 0 unspecified atom stereocenters. The number of hydrogen-bond donors (Lipinski definition) is 1. The average Bonchev–Trinajstić information content (AvgIpc) is 2.84. The number of amides is 1. The summed E-state index contributed by atoms with van der Waals surface area (Å²) in [5.41, 5.74) is 9.57. The van der Waals surface area contributed by atoms with Crippen molar-refractivity contribution >= 4 is 18.3 Å². The molecule has 0 aliphatic heterocycles. The van der Waals surface area contributed by atoms with Crippen molar-refractivity contribution in [2.24, 2.45) is 11.1 Å². The van der Waals surface area contributed by atoms with Gasteiger partial charge in [-0.1, -0.05) is 26.0 Å². The second kappa shape index (κ2) is 8.50. The first kappa shape index (κ1) is 21.2. The molecule has 138 valence electrons. The van der Waals surface area contributed by atoms with Crippen LogP contribution in [0.3, 0.4) is 0 Å². The Labute approximate surface area is 156 Å². The van der Waals surface area contributed by atoms with Crippen LogP contribution in [0.4, 0.5) is 0 Å². The number of aryl methyl sites for hydroxylation is 2. The Morgan fingerprint density at radius 2 is 1.96 bits per heavy atom. The molecular weight excluding hydrogens is 336 g/mol. The number of aromatic nitrogens is 2. The molecule has 0 atom stereocenters. The lowest BCUT2D eigenvalue weighted by Crippen LogP contribution is -2.39. The minimum atomic E-state index is -0.0915. The number of carbonyl (C=O) groups is 1. The summed E-state index contributed by atoms with van der Waals surface area (Å²) in [6, 6.07) is 9.81. The monoisotopic (exact) mass is 364 g/mol. The maximum atomic E-state index is 12.7. The van der Waals surface area contributed by atoms with E-state index in [4.69, 9.17) is 5.73 Å². The molecule has 0 aliphatic rings. The minimum Gasteiger partial charge on any atom is -0.341 e. The molecule has 0 bridgehead atoms. The quantitative estimate of drug-likeness (QED) is 0.856. The highest BCUT2D eigenvalue weighted by atomic mass is 35.5. The van der Waals surface area contributed by atoms with E-state index in [1.54, 1.807) is 4.90 Å². The molecule has 2 N–H and O–H groups in total. The second-order valence-electron chi connectivity index (χ2n) is 7.31. The minimum absolute atomic E-state index is 0. The molecule has 5 nitrogen and oxygen atoms in total. The summed E-state index contributed by atoms with van der Waals surface area (Å²) >= 11 is 0. The largest absolute Gasteiger partial charge is 0.341 e. The lowest BCUT2D eigenvalue weighted by Gasteiger charge is -2.29. The molecule has 0 spiro atoms. The highest BCUT2D eigenvalue weighted by Gasteiger charge is 2.22.